The van der Waals surface area contributed by atoms with Crippen LogP contribution in [0.4, 0.5) is 0 Å². The summed E-state index contributed by atoms with van der Waals surface area (Å²) in [4.78, 5) is 23.5. The van der Waals surface area contributed by atoms with Crippen molar-refractivity contribution in [3.05, 3.63) is 58.5 Å². The van der Waals surface area contributed by atoms with E-state index in [4.69, 9.17) is 0 Å². The second-order valence-electron chi connectivity index (χ2n) is 4.10. The van der Waals surface area contributed by atoms with Gasteiger partial charge in [0.1, 0.15) is 5.69 Å². The van der Waals surface area contributed by atoms with Crippen LogP contribution in [0.2, 0.25) is 0 Å². The van der Waals surface area contributed by atoms with Crippen molar-refractivity contribution in [2.24, 2.45) is 0 Å². The van der Waals surface area contributed by atoms with Crippen molar-refractivity contribution in [2.45, 2.75) is 6.92 Å². The lowest BCUT2D eigenvalue weighted by molar-refractivity contribution is 1.12. The zero-order valence-electron chi connectivity index (χ0n) is 9.84. The molecule has 1 aromatic carbocycles. The lowest BCUT2D eigenvalue weighted by Crippen LogP contribution is -2.09. The average molecular weight is 237 g/mol. The minimum absolute atomic E-state index is 0.140. The molecule has 0 saturated carbocycles. The number of pyridine rings is 1. The fourth-order valence-corrected chi connectivity index (χ4v) is 1.88. The van der Waals surface area contributed by atoms with Crippen LogP contribution in [0.15, 0.2) is 47.3 Å². The first-order chi connectivity index (χ1) is 8.74. The molecule has 0 bridgehead atoms. The number of para-hydroxylation sites is 1. The predicted octanol–water partition coefficient (Wildman–Crippen LogP) is 2.29. The molecule has 3 rings (SSSR count). The van der Waals surface area contributed by atoms with Gasteiger partial charge < -0.3 is 4.98 Å². The van der Waals surface area contributed by atoms with E-state index in [1.165, 1.54) is 0 Å². The highest BCUT2D eigenvalue weighted by atomic mass is 16.1. The van der Waals surface area contributed by atoms with E-state index in [2.05, 4.69) is 15.0 Å². The fraction of sp³-hybridized carbons (Fsp3) is 0.0714. The van der Waals surface area contributed by atoms with E-state index in [9.17, 15) is 4.79 Å². The van der Waals surface area contributed by atoms with Crippen molar-refractivity contribution in [2.75, 3.05) is 0 Å². The van der Waals surface area contributed by atoms with Crippen LogP contribution < -0.4 is 5.56 Å². The van der Waals surface area contributed by atoms with E-state index in [0.717, 1.165) is 5.69 Å². The molecule has 0 amide bonds. The Bertz CT molecular complexity index is 777. The van der Waals surface area contributed by atoms with Crippen LogP contribution in [0.3, 0.4) is 0 Å². The van der Waals surface area contributed by atoms with Gasteiger partial charge in [-0.3, -0.25) is 4.79 Å². The Balaban J connectivity index is 2.28. The van der Waals surface area contributed by atoms with E-state index < -0.39 is 0 Å². The van der Waals surface area contributed by atoms with Gasteiger partial charge in [-0.05, 0) is 31.2 Å². The molecule has 0 atom stereocenters. The Hall–Kier alpha value is -2.49. The molecule has 0 radical (unpaired) electrons. The van der Waals surface area contributed by atoms with Crippen LogP contribution in [0, 0.1) is 6.92 Å². The van der Waals surface area contributed by atoms with Crippen LogP contribution in [0.1, 0.15) is 5.69 Å². The molecule has 2 heterocycles. The highest BCUT2D eigenvalue weighted by molar-refractivity contribution is 5.78. The van der Waals surface area contributed by atoms with Crippen molar-refractivity contribution in [1.82, 2.24) is 15.0 Å². The normalized spacial score (nSPS) is 10.7. The molecule has 2 aromatic heterocycles. The van der Waals surface area contributed by atoms with Crippen molar-refractivity contribution in [3.63, 3.8) is 0 Å². The van der Waals surface area contributed by atoms with Gasteiger partial charge in [0.25, 0.3) is 5.56 Å². The topological polar surface area (TPSA) is 58.6 Å². The summed E-state index contributed by atoms with van der Waals surface area (Å²) in [7, 11) is 0. The molecule has 0 spiro atoms. The van der Waals surface area contributed by atoms with Gasteiger partial charge >= 0.3 is 0 Å². The lowest BCUT2D eigenvalue weighted by atomic mass is 10.2. The minimum atomic E-state index is -0.140. The van der Waals surface area contributed by atoms with Gasteiger partial charge in [-0.25, -0.2) is 9.97 Å². The van der Waals surface area contributed by atoms with Crippen LogP contribution in [0.25, 0.3) is 22.4 Å². The van der Waals surface area contributed by atoms with Crippen LogP contribution in [0.5, 0.6) is 0 Å². The van der Waals surface area contributed by atoms with E-state index >= 15 is 0 Å². The number of aryl methyl sites for hydroxylation is 1. The Morgan fingerprint density at radius 2 is 1.83 bits per heavy atom. The third-order valence-corrected chi connectivity index (χ3v) is 2.74. The monoisotopic (exact) mass is 237 g/mol. The quantitative estimate of drug-likeness (QED) is 0.706. The third-order valence-electron chi connectivity index (χ3n) is 2.74. The van der Waals surface area contributed by atoms with Gasteiger partial charge in [-0.15, -0.1) is 0 Å². The first kappa shape index (κ1) is 10.7. The Labute approximate surface area is 103 Å². The van der Waals surface area contributed by atoms with E-state index in [1.807, 2.05) is 43.3 Å². The molecule has 0 aliphatic heterocycles. The van der Waals surface area contributed by atoms with E-state index in [1.54, 1.807) is 6.07 Å². The Kier molecular flexibility index (Phi) is 2.41. The molecule has 4 heteroatoms. The molecule has 18 heavy (non-hydrogen) atoms. The zero-order valence-corrected chi connectivity index (χ0v) is 9.84. The second kappa shape index (κ2) is 4.07. The van der Waals surface area contributed by atoms with E-state index in [-0.39, 0.29) is 5.56 Å². The van der Waals surface area contributed by atoms with Gasteiger partial charge in [0.2, 0.25) is 0 Å². The number of aromatic amines is 1. The maximum absolute atomic E-state index is 11.9. The summed E-state index contributed by atoms with van der Waals surface area (Å²) in [5, 5.41) is 0.592. The van der Waals surface area contributed by atoms with Crippen molar-refractivity contribution >= 4 is 10.9 Å². The Morgan fingerprint density at radius 3 is 2.67 bits per heavy atom. The first-order valence-corrected chi connectivity index (χ1v) is 5.67. The number of fused-ring (bicyclic) bond motifs is 1. The molecule has 0 unspecified atom stereocenters. The number of hydrogen-bond donors (Lipinski definition) is 1. The van der Waals surface area contributed by atoms with Crippen LogP contribution >= 0.6 is 0 Å². The first-order valence-electron chi connectivity index (χ1n) is 5.67. The molecule has 1 N–H and O–H groups in total. The smallest absolute Gasteiger partial charge is 0.259 e. The number of H-pyrrole nitrogens is 1. The maximum Gasteiger partial charge on any atom is 0.259 e. The molecule has 88 valence electrons. The number of nitrogens with one attached hydrogen (secondary N) is 1. The molecule has 0 saturated heterocycles. The zero-order chi connectivity index (χ0) is 12.5. The number of hydrogen-bond acceptors (Lipinski definition) is 3. The predicted molar refractivity (Wildman–Crippen MR) is 70.3 cm³/mol. The van der Waals surface area contributed by atoms with Gasteiger partial charge in [-0.1, -0.05) is 18.2 Å². The standard InChI is InChI=1S/C14H11N3O/c1-9-5-4-8-12(15-9)13-16-11-7-3-2-6-10(11)14(18)17-13/h2-8H,1H3,(H,16,17,18). The largest absolute Gasteiger partial charge is 0.305 e. The van der Waals surface area contributed by atoms with Gasteiger partial charge in [0.05, 0.1) is 10.9 Å². The summed E-state index contributed by atoms with van der Waals surface area (Å²) < 4.78 is 0. The number of rotatable bonds is 1. The molecule has 0 aliphatic rings. The summed E-state index contributed by atoms with van der Waals surface area (Å²) in [6.45, 7) is 1.91. The Morgan fingerprint density at radius 1 is 1.00 bits per heavy atom. The highest BCUT2D eigenvalue weighted by Gasteiger charge is 2.06. The van der Waals surface area contributed by atoms with Crippen molar-refractivity contribution in [3.8, 4) is 11.5 Å². The SMILES string of the molecule is Cc1cccc(-c2nc3ccccc3c(=O)[nH]2)n1. The lowest BCUT2D eigenvalue weighted by Gasteiger charge is -2.03. The van der Waals surface area contributed by atoms with Crippen LogP contribution in [-0.4, -0.2) is 15.0 Å². The number of nitrogens with zero attached hydrogens (tertiary/aromatic N) is 2. The molecule has 4 nitrogen and oxygen atoms in total. The summed E-state index contributed by atoms with van der Waals surface area (Å²) >= 11 is 0. The van der Waals surface area contributed by atoms with Gasteiger partial charge in [0.15, 0.2) is 5.82 Å². The van der Waals surface area contributed by atoms with Crippen LogP contribution in [-0.2, 0) is 0 Å². The average Bonchev–Trinajstić information content (AvgIpc) is 2.39. The third kappa shape index (κ3) is 1.78. The molecule has 0 fully saturated rings. The molecular weight excluding hydrogens is 226 g/mol. The maximum atomic E-state index is 11.9. The molecular formula is C14H11N3O. The number of benzene rings is 1. The summed E-state index contributed by atoms with van der Waals surface area (Å²) in [5.74, 6) is 0.502. The number of aromatic nitrogens is 3. The summed E-state index contributed by atoms with van der Waals surface area (Å²) in [6, 6.07) is 12.9. The molecule has 3 aromatic rings. The fourth-order valence-electron chi connectivity index (χ4n) is 1.88. The van der Waals surface area contributed by atoms with Gasteiger partial charge in [0, 0.05) is 5.69 Å². The minimum Gasteiger partial charge on any atom is -0.305 e. The second-order valence-corrected chi connectivity index (χ2v) is 4.10. The summed E-state index contributed by atoms with van der Waals surface area (Å²) in [6.07, 6.45) is 0. The van der Waals surface area contributed by atoms with Crippen molar-refractivity contribution < 1.29 is 0 Å². The molecule has 0 aliphatic carbocycles. The highest BCUT2D eigenvalue weighted by Crippen LogP contribution is 2.14. The summed E-state index contributed by atoms with van der Waals surface area (Å²) in [5.41, 5.74) is 2.11. The van der Waals surface area contributed by atoms with Crippen molar-refractivity contribution in [1.29, 1.82) is 0 Å². The van der Waals surface area contributed by atoms with E-state index in [0.29, 0.717) is 22.4 Å². The van der Waals surface area contributed by atoms with Gasteiger partial charge in [-0.2, -0.15) is 0 Å².